The fourth-order valence-electron chi connectivity index (χ4n) is 1.61. The van der Waals surface area contributed by atoms with E-state index in [1.54, 1.807) is 0 Å². The van der Waals surface area contributed by atoms with Gasteiger partial charge < -0.3 is 5.32 Å². The molecule has 0 aliphatic carbocycles. The summed E-state index contributed by atoms with van der Waals surface area (Å²) in [4.78, 5) is 4.44. The molecule has 0 aromatic carbocycles. The lowest BCUT2D eigenvalue weighted by Crippen LogP contribution is -2.22. The number of nitrogens with zero attached hydrogens (tertiary/aromatic N) is 2. The van der Waals surface area contributed by atoms with Crippen LogP contribution in [0.4, 0.5) is 0 Å². The van der Waals surface area contributed by atoms with E-state index < -0.39 is 0 Å². The maximum atomic E-state index is 9.17. The molecule has 1 N–H and O–H groups in total. The topological polar surface area (TPSA) is 48.7 Å². The van der Waals surface area contributed by atoms with Crippen LogP contribution < -0.4 is 5.32 Å². The number of nitriles is 1. The van der Waals surface area contributed by atoms with E-state index in [1.807, 2.05) is 12.3 Å². The summed E-state index contributed by atoms with van der Waals surface area (Å²) in [5.74, 6) is 0. The molecular weight excluding hydrogens is 210 g/mol. The summed E-state index contributed by atoms with van der Waals surface area (Å²) < 4.78 is 0. The van der Waals surface area contributed by atoms with Crippen molar-refractivity contribution in [3.05, 3.63) is 29.1 Å². The molecule has 1 aromatic rings. The number of pyridine rings is 1. The SMILES string of the molecule is CC(C)NCc1cnc(C(C)(C)C)c(C#N)c1. The zero-order chi connectivity index (χ0) is 13.1. The number of nitrogens with one attached hydrogen (secondary N) is 1. The van der Waals surface area contributed by atoms with E-state index >= 15 is 0 Å². The third-order valence-electron chi connectivity index (χ3n) is 2.49. The van der Waals surface area contributed by atoms with Gasteiger partial charge in [0.15, 0.2) is 0 Å². The van der Waals surface area contributed by atoms with Gasteiger partial charge in [0, 0.05) is 24.2 Å². The van der Waals surface area contributed by atoms with Crippen LogP contribution in [0.25, 0.3) is 0 Å². The van der Waals surface area contributed by atoms with Gasteiger partial charge in [0.2, 0.25) is 0 Å². The number of rotatable bonds is 3. The Labute approximate surface area is 104 Å². The van der Waals surface area contributed by atoms with Crippen LogP contribution in [0.15, 0.2) is 12.3 Å². The van der Waals surface area contributed by atoms with E-state index in [0.717, 1.165) is 17.8 Å². The van der Waals surface area contributed by atoms with Crippen LogP contribution in [0.5, 0.6) is 0 Å². The molecule has 17 heavy (non-hydrogen) atoms. The van der Waals surface area contributed by atoms with Crippen LogP contribution >= 0.6 is 0 Å². The van der Waals surface area contributed by atoms with E-state index in [0.29, 0.717) is 11.6 Å². The Kier molecular flexibility index (Phi) is 4.25. The summed E-state index contributed by atoms with van der Waals surface area (Å²) in [7, 11) is 0. The first-order valence-electron chi connectivity index (χ1n) is 5.97. The Morgan fingerprint density at radius 1 is 1.41 bits per heavy atom. The molecule has 0 saturated carbocycles. The normalized spacial score (nSPS) is 11.6. The highest BCUT2D eigenvalue weighted by atomic mass is 14.9. The van der Waals surface area contributed by atoms with Crippen molar-refractivity contribution in [2.75, 3.05) is 0 Å². The first-order valence-corrected chi connectivity index (χ1v) is 5.97. The summed E-state index contributed by atoms with van der Waals surface area (Å²) in [5.41, 5.74) is 2.52. The van der Waals surface area contributed by atoms with E-state index in [2.05, 4.69) is 51.0 Å². The summed E-state index contributed by atoms with van der Waals surface area (Å²) >= 11 is 0. The predicted molar refractivity (Wildman–Crippen MR) is 69.6 cm³/mol. The molecule has 0 amide bonds. The Bertz CT molecular complexity index is 422. The molecule has 0 bridgehead atoms. The monoisotopic (exact) mass is 231 g/mol. The highest BCUT2D eigenvalue weighted by Crippen LogP contribution is 2.23. The fourth-order valence-corrected chi connectivity index (χ4v) is 1.61. The van der Waals surface area contributed by atoms with Crippen LogP contribution in [0.1, 0.15) is 51.4 Å². The Morgan fingerprint density at radius 2 is 2.06 bits per heavy atom. The van der Waals surface area contributed by atoms with Gasteiger partial charge in [0.25, 0.3) is 0 Å². The van der Waals surface area contributed by atoms with E-state index in [4.69, 9.17) is 0 Å². The number of hydrogen-bond donors (Lipinski definition) is 1. The third kappa shape index (κ3) is 3.83. The van der Waals surface area contributed by atoms with Crippen molar-refractivity contribution in [2.45, 2.75) is 52.6 Å². The highest BCUT2D eigenvalue weighted by molar-refractivity contribution is 5.39. The van der Waals surface area contributed by atoms with Gasteiger partial charge in [-0.2, -0.15) is 5.26 Å². The molecule has 3 heteroatoms. The Balaban J connectivity index is 2.98. The molecule has 1 aromatic heterocycles. The predicted octanol–water partition coefficient (Wildman–Crippen LogP) is 2.75. The van der Waals surface area contributed by atoms with Crippen LogP contribution in [0, 0.1) is 11.3 Å². The van der Waals surface area contributed by atoms with E-state index in [1.165, 1.54) is 0 Å². The van der Waals surface area contributed by atoms with Gasteiger partial charge in [-0.25, -0.2) is 0 Å². The van der Waals surface area contributed by atoms with Crippen LogP contribution in [0.3, 0.4) is 0 Å². The average Bonchev–Trinajstić information content (AvgIpc) is 2.24. The van der Waals surface area contributed by atoms with Crippen molar-refractivity contribution >= 4 is 0 Å². The first-order chi connectivity index (χ1) is 7.84. The molecule has 0 radical (unpaired) electrons. The van der Waals surface area contributed by atoms with Gasteiger partial charge in [-0.1, -0.05) is 34.6 Å². The zero-order valence-electron chi connectivity index (χ0n) is 11.3. The Morgan fingerprint density at radius 3 is 2.53 bits per heavy atom. The van der Waals surface area contributed by atoms with Gasteiger partial charge >= 0.3 is 0 Å². The second-order valence-electron chi connectivity index (χ2n) is 5.64. The van der Waals surface area contributed by atoms with Crippen LogP contribution in [-0.2, 0) is 12.0 Å². The molecule has 1 heterocycles. The summed E-state index contributed by atoms with van der Waals surface area (Å²) in [5, 5.41) is 12.5. The van der Waals surface area contributed by atoms with E-state index in [-0.39, 0.29) is 5.41 Å². The summed E-state index contributed by atoms with van der Waals surface area (Å²) in [6.07, 6.45) is 1.86. The molecule has 0 unspecified atom stereocenters. The number of aromatic nitrogens is 1. The van der Waals surface area contributed by atoms with Crippen molar-refractivity contribution in [3.63, 3.8) is 0 Å². The van der Waals surface area contributed by atoms with Crippen molar-refractivity contribution in [1.82, 2.24) is 10.3 Å². The molecule has 0 spiro atoms. The summed E-state index contributed by atoms with van der Waals surface area (Å²) in [6, 6.07) is 4.61. The minimum Gasteiger partial charge on any atom is -0.310 e. The minimum atomic E-state index is -0.0882. The Hall–Kier alpha value is -1.40. The molecule has 92 valence electrons. The van der Waals surface area contributed by atoms with Crippen molar-refractivity contribution in [2.24, 2.45) is 0 Å². The van der Waals surface area contributed by atoms with Crippen molar-refractivity contribution in [1.29, 1.82) is 5.26 Å². The van der Waals surface area contributed by atoms with Crippen molar-refractivity contribution in [3.8, 4) is 6.07 Å². The molecule has 0 aliphatic rings. The van der Waals surface area contributed by atoms with Gasteiger partial charge in [0.05, 0.1) is 11.3 Å². The molecule has 0 saturated heterocycles. The van der Waals surface area contributed by atoms with Gasteiger partial charge in [0.1, 0.15) is 6.07 Å². The van der Waals surface area contributed by atoms with Gasteiger partial charge in [-0.05, 0) is 11.6 Å². The van der Waals surface area contributed by atoms with Crippen LogP contribution in [0.2, 0.25) is 0 Å². The van der Waals surface area contributed by atoms with E-state index in [9.17, 15) is 5.26 Å². The largest absolute Gasteiger partial charge is 0.310 e. The lowest BCUT2D eigenvalue weighted by molar-refractivity contribution is 0.561. The molecule has 0 fully saturated rings. The lowest BCUT2D eigenvalue weighted by Gasteiger charge is -2.19. The maximum absolute atomic E-state index is 9.17. The maximum Gasteiger partial charge on any atom is 0.101 e. The molecular formula is C14H21N3. The second kappa shape index (κ2) is 5.29. The summed E-state index contributed by atoms with van der Waals surface area (Å²) in [6.45, 7) is 11.2. The van der Waals surface area contributed by atoms with Crippen molar-refractivity contribution < 1.29 is 0 Å². The molecule has 1 rings (SSSR count). The number of hydrogen-bond acceptors (Lipinski definition) is 3. The third-order valence-corrected chi connectivity index (χ3v) is 2.49. The smallest absolute Gasteiger partial charge is 0.101 e. The second-order valence-corrected chi connectivity index (χ2v) is 5.64. The first kappa shape index (κ1) is 13.7. The highest BCUT2D eigenvalue weighted by Gasteiger charge is 2.19. The van der Waals surface area contributed by atoms with Gasteiger partial charge in [-0.15, -0.1) is 0 Å². The van der Waals surface area contributed by atoms with Crippen LogP contribution in [-0.4, -0.2) is 11.0 Å². The molecule has 0 atom stereocenters. The quantitative estimate of drug-likeness (QED) is 0.870. The minimum absolute atomic E-state index is 0.0882. The zero-order valence-corrected chi connectivity index (χ0v) is 11.3. The fraction of sp³-hybridized carbons (Fsp3) is 0.571. The standard InChI is InChI=1S/C14H21N3/c1-10(2)16-8-11-6-12(7-15)13(17-9-11)14(3,4)5/h6,9-10,16H,8H2,1-5H3. The lowest BCUT2D eigenvalue weighted by atomic mass is 9.88. The molecule has 3 nitrogen and oxygen atoms in total. The molecule has 0 aliphatic heterocycles. The average molecular weight is 231 g/mol. The van der Waals surface area contributed by atoms with Gasteiger partial charge in [-0.3, -0.25) is 4.98 Å².